The van der Waals surface area contributed by atoms with Gasteiger partial charge in [0.05, 0.1) is 46.1 Å². The first kappa shape index (κ1) is 15.7. The van der Waals surface area contributed by atoms with E-state index in [4.69, 9.17) is 45.5 Å². The van der Waals surface area contributed by atoms with Crippen LogP contribution in [0.5, 0.6) is 34.5 Å². The fourth-order valence-corrected chi connectivity index (χ4v) is 4.33. The first-order valence-corrected chi connectivity index (χ1v) is 10.8. The molecule has 1 N–H and O–H groups in total. The third-order valence-electron chi connectivity index (χ3n) is 6.08. The number of hydrogen-bond acceptors (Lipinski definition) is 9. The maximum absolute atomic E-state index is 13.5. The van der Waals surface area contributed by atoms with Crippen LogP contribution in [0, 0.1) is 0 Å². The average molecular weight is 516 g/mol. The molecule has 9 nitrogen and oxygen atoms in total. The van der Waals surface area contributed by atoms with E-state index in [1.165, 1.54) is 37.4 Å². The van der Waals surface area contributed by atoms with Gasteiger partial charge in [-0.15, -0.1) is 0 Å². The zero-order chi connectivity index (χ0) is 33.7. The number of carbonyl (C=O) groups is 1. The van der Waals surface area contributed by atoms with Gasteiger partial charge in [0.2, 0.25) is 12.5 Å². The highest BCUT2D eigenvalue weighted by molar-refractivity contribution is 6.20. The van der Waals surface area contributed by atoms with E-state index >= 15 is 0 Å². The van der Waals surface area contributed by atoms with Crippen LogP contribution >= 0.6 is 0 Å². The van der Waals surface area contributed by atoms with Gasteiger partial charge in [-0.25, -0.2) is 4.79 Å². The summed E-state index contributed by atoms with van der Waals surface area (Å²) < 4.78 is 105. The second-order valence-electron chi connectivity index (χ2n) is 8.09. The van der Waals surface area contributed by atoms with Crippen LogP contribution in [-0.4, -0.2) is 46.1 Å². The molecule has 37 heavy (non-hydrogen) atoms. The van der Waals surface area contributed by atoms with Crippen molar-refractivity contribution in [3.05, 3.63) is 76.9 Å². The first-order chi connectivity index (χ1) is 21.3. The number of benzene rings is 3. The van der Waals surface area contributed by atoms with Crippen molar-refractivity contribution in [2.24, 2.45) is 0 Å². The Bertz CT molecular complexity index is 1640. The van der Waals surface area contributed by atoms with E-state index in [9.17, 15) is 9.90 Å². The molecule has 1 atom stereocenters. The number of ether oxygens (including phenoxy) is 7. The predicted molar refractivity (Wildman–Crippen MR) is 132 cm³/mol. The number of cyclic esters (lactones) is 1. The fourth-order valence-electron chi connectivity index (χ4n) is 4.33. The van der Waals surface area contributed by atoms with Crippen molar-refractivity contribution in [3.8, 4) is 34.5 Å². The summed E-state index contributed by atoms with van der Waals surface area (Å²) in [5.41, 5.74) is 0.276. The van der Waals surface area contributed by atoms with Crippen molar-refractivity contribution in [3.63, 3.8) is 0 Å². The van der Waals surface area contributed by atoms with Crippen molar-refractivity contribution >= 4 is 11.5 Å². The monoisotopic (exact) mass is 515 g/mol. The maximum Gasteiger partial charge on any atom is 0.342 e. The van der Waals surface area contributed by atoms with Crippen LogP contribution in [-0.2, 0) is 21.7 Å². The molecule has 3 aromatic carbocycles. The molecule has 0 fully saturated rings. The number of methoxy groups -OCH3 is 4. The minimum atomic E-state index is -3.17. The number of aliphatic hydroxyl groups is 1. The van der Waals surface area contributed by atoms with E-state index in [2.05, 4.69) is 0 Å². The third-order valence-corrected chi connectivity index (χ3v) is 6.08. The van der Waals surface area contributed by atoms with Gasteiger partial charge >= 0.3 is 5.97 Å². The molecule has 0 radical (unpaired) electrons. The van der Waals surface area contributed by atoms with Gasteiger partial charge in [0, 0.05) is 17.6 Å². The Morgan fingerprint density at radius 3 is 2.30 bits per heavy atom. The molecule has 2 aliphatic heterocycles. The Morgan fingerprint density at radius 1 is 0.919 bits per heavy atom. The van der Waals surface area contributed by atoms with Gasteiger partial charge < -0.3 is 38.3 Å². The molecule has 3 aromatic rings. The normalized spacial score (nSPS) is 22.6. The molecule has 0 spiro atoms. The Kier molecular flexibility index (Phi) is 4.06. The SMILES string of the molecule is [2H]C([2H])([2H])Oc1cc(CC2=C(c3ccc4c(c3)OCO4)C(=O)OC2(O)c2ccc(OC)cc2)cc(OC([2H])([2H])[2H])c1OC([2H])([2H])[2H]. The summed E-state index contributed by atoms with van der Waals surface area (Å²) in [5.74, 6) is -4.33. The third kappa shape index (κ3) is 4.17. The van der Waals surface area contributed by atoms with Gasteiger partial charge in [0.15, 0.2) is 23.0 Å². The Morgan fingerprint density at radius 2 is 1.62 bits per heavy atom. The van der Waals surface area contributed by atoms with Crippen molar-refractivity contribution in [1.82, 2.24) is 0 Å². The van der Waals surface area contributed by atoms with Gasteiger partial charge in [-0.3, -0.25) is 0 Å². The summed E-state index contributed by atoms with van der Waals surface area (Å²) in [4.78, 5) is 13.5. The quantitative estimate of drug-likeness (QED) is 0.448. The number of fused-ring (bicyclic) bond motifs is 1. The van der Waals surface area contributed by atoms with Crippen LogP contribution in [0.1, 0.15) is 29.0 Å². The molecule has 2 heterocycles. The van der Waals surface area contributed by atoms with Crippen LogP contribution < -0.4 is 28.4 Å². The van der Waals surface area contributed by atoms with Gasteiger partial charge in [0.1, 0.15) is 5.75 Å². The molecule has 1 unspecified atom stereocenters. The number of esters is 1. The summed E-state index contributed by atoms with van der Waals surface area (Å²) in [6.07, 6.45) is -0.402. The van der Waals surface area contributed by atoms with Crippen molar-refractivity contribution in [2.45, 2.75) is 12.2 Å². The first-order valence-electron chi connectivity index (χ1n) is 15.3. The van der Waals surface area contributed by atoms with Crippen molar-refractivity contribution in [2.75, 3.05) is 35.0 Å². The molecule has 0 bridgehead atoms. The standard InChI is InChI=1S/C28H26O9/c1-31-19-8-6-18(7-9-19)28(30)20(11-16-12-23(32-2)26(34-4)24(13-16)33-3)25(27(29)37-28)17-5-10-21-22(14-17)36-15-35-21/h5-10,12-14,30H,11,15H2,1-4H3/i2D3,3D3,4D3. The second kappa shape index (κ2) is 9.59. The summed E-state index contributed by atoms with van der Waals surface area (Å²) in [6, 6.07) is 12.8. The van der Waals surface area contributed by atoms with Crippen molar-refractivity contribution in [1.29, 1.82) is 0 Å². The Hall–Kier alpha value is -4.37. The van der Waals surface area contributed by atoms with Gasteiger partial charge in [-0.2, -0.15) is 0 Å². The van der Waals surface area contributed by atoms with E-state index < -0.39 is 56.5 Å². The molecule has 0 saturated carbocycles. The smallest absolute Gasteiger partial charge is 0.342 e. The lowest BCUT2D eigenvalue weighted by Gasteiger charge is -2.26. The minimum absolute atomic E-state index is 0.0230. The van der Waals surface area contributed by atoms with Crippen LogP contribution in [0.25, 0.3) is 5.57 Å². The zero-order valence-corrected chi connectivity index (χ0v) is 19.3. The van der Waals surface area contributed by atoms with Gasteiger partial charge in [-0.05, 0) is 59.7 Å². The molecule has 0 aromatic heterocycles. The summed E-state index contributed by atoms with van der Waals surface area (Å²) >= 11 is 0. The van der Waals surface area contributed by atoms with Gasteiger partial charge in [0.25, 0.3) is 5.79 Å². The maximum atomic E-state index is 13.5. The van der Waals surface area contributed by atoms with Crippen LogP contribution in [0.3, 0.4) is 0 Å². The molecular weight excluding hydrogens is 480 g/mol. The van der Waals surface area contributed by atoms with E-state index in [1.54, 1.807) is 12.1 Å². The van der Waals surface area contributed by atoms with Crippen LogP contribution in [0.4, 0.5) is 0 Å². The van der Waals surface area contributed by atoms with E-state index in [-0.39, 0.29) is 34.6 Å². The molecule has 192 valence electrons. The molecule has 9 heteroatoms. The van der Waals surface area contributed by atoms with Crippen LogP contribution in [0.15, 0.2) is 60.2 Å². The molecule has 0 aliphatic carbocycles. The molecule has 0 amide bonds. The van der Waals surface area contributed by atoms with Crippen LogP contribution in [0.2, 0.25) is 0 Å². The number of carbonyl (C=O) groups excluding carboxylic acids is 1. The van der Waals surface area contributed by atoms with Crippen molar-refractivity contribution < 1.29 is 55.4 Å². The Labute approximate surface area is 226 Å². The lowest BCUT2D eigenvalue weighted by Crippen LogP contribution is -2.29. The lowest BCUT2D eigenvalue weighted by atomic mass is 9.88. The molecule has 5 rings (SSSR count). The number of hydrogen-bond donors (Lipinski definition) is 1. The molecule has 0 saturated heterocycles. The average Bonchev–Trinajstić information content (AvgIpc) is 3.50. The molecular formula is C28H26O9. The predicted octanol–water partition coefficient (Wildman–Crippen LogP) is 3.85. The van der Waals surface area contributed by atoms with E-state index in [1.807, 2.05) is 0 Å². The largest absolute Gasteiger partial charge is 0.497 e. The zero-order valence-electron chi connectivity index (χ0n) is 28.3. The molecule has 2 aliphatic rings. The second-order valence-corrected chi connectivity index (χ2v) is 8.09. The summed E-state index contributed by atoms with van der Waals surface area (Å²) in [7, 11) is -8.01. The number of rotatable bonds is 8. The fraction of sp³-hybridized carbons (Fsp3) is 0.250. The minimum Gasteiger partial charge on any atom is -0.497 e. The summed E-state index contributed by atoms with van der Waals surface area (Å²) in [6.45, 7) is -0.0475. The summed E-state index contributed by atoms with van der Waals surface area (Å²) in [5, 5.41) is 12.0. The Balaban J connectivity index is 1.72. The highest BCUT2D eigenvalue weighted by Crippen LogP contribution is 2.47. The highest BCUT2D eigenvalue weighted by Gasteiger charge is 2.48. The van der Waals surface area contributed by atoms with E-state index in [0.717, 1.165) is 12.1 Å². The topological polar surface area (TPSA) is 102 Å². The highest BCUT2D eigenvalue weighted by atomic mass is 16.7. The van der Waals surface area contributed by atoms with Gasteiger partial charge in [-0.1, -0.05) is 6.07 Å². The lowest BCUT2D eigenvalue weighted by molar-refractivity contribution is -0.185. The van der Waals surface area contributed by atoms with E-state index in [0.29, 0.717) is 17.2 Å².